The molecule has 4 aromatic rings. The minimum atomic E-state index is -0.439. The van der Waals surface area contributed by atoms with Crippen LogP contribution in [0.1, 0.15) is 0 Å². The van der Waals surface area contributed by atoms with E-state index in [1.165, 1.54) is 6.07 Å². The van der Waals surface area contributed by atoms with Gasteiger partial charge in [0, 0.05) is 11.6 Å². The fourth-order valence-corrected chi connectivity index (χ4v) is 2.74. The number of fused-ring (bicyclic) bond motifs is 1. The van der Waals surface area contributed by atoms with Crippen LogP contribution < -0.4 is 5.46 Å². The van der Waals surface area contributed by atoms with Gasteiger partial charge in [-0.25, -0.2) is 4.98 Å². The van der Waals surface area contributed by atoms with Crippen LogP contribution >= 0.6 is 0 Å². The van der Waals surface area contributed by atoms with E-state index < -0.39 is 4.92 Å². The van der Waals surface area contributed by atoms with Gasteiger partial charge in [0.1, 0.15) is 13.4 Å². The molecular weight excluding hydrogens is 315 g/mol. The molecule has 0 unspecified atom stereocenters. The third kappa shape index (κ3) is 2.78. The maximum Gasteiger partial charge on any atom is 0.276 e. The molecule has 1 heterocycles. The zero-order chi connectivity index (χ0) is 17.4. The number of rotatable bonds is 3. The summed E-state index contributed by atoms with van der Waals surface area (Å²) in [7, 11) is 5.67. The van der Waals surface area contributed by atoms with Crippen molar-refractivity contribution in [2.75, 3.05) is 0 Å². The highest BCUT2D eigenvalue weighted by molar-refractivity contribution is 6.32. The first-order chi connectivity index (χ1) is 12.1. The number of hydrogen-bond acceptors (Lipinski definition) is 4. The van der Waals surface area contributed by atoms with Gasteiger partial charge in [0.05, 0.1) is 10.5 Å². The Morgan fingerprint density at radius 3 is 2.52 bits per heavy atom. The van der Waals surface area contributed by atoms with Crippen LogP contribution in [0.3, 0.4) is 0 Å². The average Bonchev–Trinajstić information content (AvgIpc) is 3.05. The molecule has 3 aromatic carbocycles. The first kappa shape index (κ1) is 15.1. The van der Waals surface area contributed by atoms with E-state index in [4.69, 9.17) is 12.3 Å². The normalized spacial score (nSPS) is 10.9. The van der Waals surface area contributed by atoms with Crippen LogP contribution in [0, 0.1) is 10.1 Å². The quantitative estimate of drug-likeness (QED) is 0.326. The lowest BCUT2D eigenvalue weighted by Crippen LogP contribution is -2.04. The minimum Gasteiger partial charge on any atom is -0.436 e. The minimum absolute atomic E-state index is 0.0397. The van der Waals surface area contributed by atoms with Gasteiger partial charge in [-0.2, -0.15) is 0 Å². The van der Waals surface area contributed by atoms with Crippen molar-refractivity contribution in [1.29, 1.82) is 0 Å². The topological polar surface area (TPSA) is 69.2 Å². The summed E-state index contributed by atoms with van der Waals surface area (Å²) >= 11 is 0. The van der Waals surface area contributed by atoms with Crippen LogP contribution in [0.15, 0.2) is 71.1 Å². The van der Waals surface area contributed by atoms with Crippen molar-refractivity contribution < 1.29 is 9.34 Å². The molecule has 4 rings (SSSR count). The Morgan fingerprint density at radius 2 is 1.76 bits per heavy atom. The van der Waals surface area contributed by atoms with Crippen molar-refractivity contribution in [3.05, 3.63) is 76.8 Å². The van der Waals surface area contributed by atoms with Gasteiger partial charge >= 0.3 is 0 Å². The average molecular weight is 326 g/mol. The monoisotopic (exact) mass is 326 g/mol. The van der Waals surface area contributed by atoms with E-state index in [1.54, 1.807) is 30.3 Å². The van der Waals surface area contributed by atoms with E-state index in [2.05, 4.69) is 4.98 Å². The van der Waals surface area contributed by atoms with Gasteiger partial charge in [-0.1, -0.05) is 35.8 Å². The summed E-state index contributed by atoms with van der Waals surface area (Å²) in [5, 5.41) is 11.3. The molecule has 0 aliphatic carbocycles. The van der Waals surface area contributed by atoms with Crippen LogP contribution in [0.4, 0.5) is 5.69 Å². The van der Waals surface area contributed by atoms with Gasteiger partial charge in [0.15, 0.2) is 5.58 Å². The summed E-state index contributed by atoms with van der Waals surface area (Å²) in [5.74, 6) is 0.513. The molecule has 6 heteroatoms. The third-order valence-electron chi connectivity index (χ3n) is 3.94. The summed E-state index contributed by atoms with van der Waals surface area (Å²) < 4.78 is 5.83. The molecule has 0 spiro atoms. The number of aromatic nitrogens is 1. The Hall–Kier alpha value is -3.41. The predicted octanol–water partition coefficient (Wildman–Crippen LogP) is 3.86. The smallest absolute Gasteiger partial charge is 0.276 e. The molecule has 0 N–H and O–H groups in total. The van der Waals surface area contributed by atoms with Crippen LogP contribution in [-0.4, -0.2) is 17.8 Å². The highest BCUT2D eigenvalue weighted by Crippen LogP contribution is 2.32. The molecule has 0 amide bonds. The van der Waals surface area contributed by atoms with Gasteiger partial charge < -0.3 is 4.42 Å². The first-order valence-corrected chi connectivity index (χ1v) is 7.62. The van der Waals surface area contributed by atoms with Crippen molar-refractivity contribution in [2.45, 2.75) is 0 Å². The number of nitro groups is 1. The molecule has 1 aromatic heterocycles. The van der Waals surface area contributed by atoms with Gasteiger partial charge in [0.25, 0.3) is 5.69 Å². The van der Waals surface area contributed by atoms with E-state index in [9.17, 15) is 10.1 Å². The molecule has 0 aliphatic rings. The van der Waals surface area contributed by atoms with E-state index in [0.29, 0.717) is 33.6 Å². The Morgan fingerprint density at radius 1 is 0.960 bits per heavy atom. The standard InChI is InChI=1S/C19H11BN2O3/c20-14-7-8-15(17(11-14)22(23)24)13-6-9-16-18(10-13)25-19(21-16)12-4-2-1-3-5-12/h1-11H. The largest absolute Gasteiger partial charge is 0.436 e. The molecule has 118 valence electrons. The molecule has 0 aliphatic heterocycles. The third-order valence-corrected chi connectivity index (χ3v) is 3.94. The molecular formula is C19H11BN2O3. The van der Waals surface area contributed by atoms with Crippen molar-refractivity contribution in [3.8, 4) is 22.6 Å². The van der Waals surface area contributed by atoms with Crippen LogP contribution in [-0.2, 0) is 0 Å². The first-order valence-electron chi connectivity index (χ1n) is 7.62. The lowest BCUT2D eigenvalue weighted by atomic mass is 9.92. The number of oxazole rings is 1. The summed E-state index contributed by atoms with van der Waals surface area (Å²) in [6, 6.07) is 19.5. The van der Waals surface area contributed by atoms with Crippen LogP contribution in [0.5, 0.6) is 0 Å². The fourth-order valence-electron chi connectivity index (χ4n) is 2.74. The Labute approximate surface area is 144 Å². The summed E-state index contributed by atoms with van der Waals surface area (Å²) in [6.07, 6.45) is 0. The lowest BCUT2D eigenvalue weighted by molar-refractivity contribution is -0.384. The molecule has 0 saturated carbocycles. The summed E-state index contributed by atoms with van der Waals surface area (Å²) in [5.41, 5.74) is 3.61. The number of hydrogen-bond donors (Lipinski definition) is 0. The maximum absolute atomic E-state index is 11.3. The van der Waals surface area contributed by atoms with E-state index >= 15 is 0 Å². The second kappa shape index (κ2) is 5.90. The number of benzene rings is 3. The molecule has 2 radical (unpaired) electrons. The Kier molecular flexibility index (Phi) is 3.58. The number of nitro benzene ring substituents is 1. The predicted molar refractivity (Wildman–Crippen MR) is 96.9 cm³/mol. The highest BCUT2D eigenvalue weighted by atomic mass is 16.6. The van der Waals surface area contributed by atoms with Gasteiger partial charge in [0.2, 0.25) is 5.89 Å². The summed E-state index contributed by atoms with van der Waals surface area (Å²) in [4.78, 5) is 15.3. The zero-order valence-corrected chi connectivity index (χ0v) is 13.0. The highest BCUT2D eigenvalue weighted by Gasteiger charge is 2.17. The zero-order valence-electron chi connectivity index (χ0n) is 13.0. The second-order valence-corrected chi connectivity index (χ2v) is 5.60. The van der Waals surface area contributed by atoms with Crippen LogP contribution in [0.2, 0.25) is 0 Å². The molecule has 0 atom stereocenters. The Balaban J connectivity index is 1.84. The molecule has 0 bridgehead atoms. The van der Waals surface area contributed by atoms with Crippen molar-refractivity contribution >= 4 is 30.1 Å². The fraction of sp³-hybridized carbons (Fsp3) is 0. The van der Waals surface area contributed by atoms with Crippen molar-refractivity contribution in [2.24, 2.45) is 0 Å². The van der Waals surface area contributed by atoms with Crippen molar-refractivity contribution in [1.82, 2.24) is 4.98 Å². The van der Waals surface area contributed by atoms with Gasteiger partial charge in [-0.15, -0.1) is 0 Å². The van der Waals surface area contributed by atoms with Crippen molar-refractivity contribution in [3.63, 3.8) is 0 Å². The molecule has 25 heavy (non-hydrogen) atoms. The molecule has 0 fully saturated rings. The van der Waals surface area contributed by atoms with E-state index in [-0.39, 0.29) is 5.69 Å². The summed E-state index contributed by atoms with van der Waals surface area (Å²) in [6.45, 7) is 0. The number of nitrogens with zero attached hydrogens (tertiary/aromatic N) is 2. The lowest BCUT2D eigenvalue weighted by Gasteiger charge is -2.04. The maximum atomic E-state index is 11.3. The second-order valence-electron chi connectivity index (χ2n) is 5.60. The van der Waals surface area contributed by atoms with E-state index in [1.807, 2.05) is 30.3 Å². The van der Waals surface area contributed by atoms with Crippen LogP contribution in [0.25, 0.3) is 33.7 Å². The Bertz CT molecular complexity index is 1090. The molecule has 5 nitrogen and oxygen atoms in total. The van der Waals surface area contributed by atoms with Gasteiger partial charge in [-0.05, 0) is 35.9 Å². The molecule has 0 saturated heterocycles. The SMILES string of the molecule is [B]c1ccc(-c2ccc3nc(-c4ccccc4)oc3c2)c([N+](=O)[O-])c1. The van der Waals surface area contributed by atoms with E-state index in [0.717, 1.165) is 5.56 Å². The van der Waals surface area contributed by atoms with Gasteiger partial charge in [-0.3, -0.25) is 10.1 Å².